The molecule has 1 heterocycles. The highest BCUT2D eigenvalue weighted by Gasteiger charge is 2.42. The largest absolute Gasteiger partial charge is 0.481 e. The Hall–Kier alpha value is -0.610. The van der Waals surface area contributed by atoms with Crippen molar-refractivity contribution in [1.29, 1.82) is 0 Å². The highest BCUT2D eigenvalue weighted by atomic mass is 16.5. The van der Waals surface area contributed by atoms with Crippen molar-refractivity contribution < 1.29 is 14.6 Å². The van der Waals surface area contributed by atoms with Crippen LogP contribution in [-0.4, -0.2) is 48.3 Å². The molecular formula is C12H21NO3. The highest BCUT2D eigenvalue weighted by Crippen LogP contribution is 2.35. The number of likely N-dealkylation sites (tertiary alicyclic amines) is 1. The van der Waals surface area contributed by atoms with Gasteiger partial charge in [0.25, 0.3) is 0 Å². The number of aliphatic carboxylic acids is 1. The molecule has 0 aromatic heterocycles. The van der Waals surface area contributed by atoms with Crippen molar-refractivity contribution in [2.75, 3.05) is 20.2 Å². The van der Waals surface area contributed by atoms with Gasteiger partial charge in [-0.25, -0.2) is 0 Å². The molecule has 4 unspecified atom stereocenters. The van der Waals surface area contributed by atoms with Crippen LogP contribution in [0.15, 0.2) is 0 Å². The molecule has 1 N–H and O–H groups in total. The molecule has 1 saturated heterocycles. The van der Waals surface area contributed by atoms with Gasteiger partial charge >= 0.3 is 5.97 Å². The molecule has 1 saturated carbocycles. The first kappa shape index (κ1) is 11.9. The van der Waals surface area contributed by atoms with Crippen LogP contribution >= 0.6 is 0 Å². The molecule has 16 heavy (non-hydrogen) atoms. The average Bonchev–Trinajstić information content (AvgIpc) is 2.18. The van der Waals surface area contributed by atoms with E-state index in [2.05, 4.69) is 11.8 Å². The third-order valence-corrected chi connectivity index (χ3v) is 4.25. The average molecular weight is 227 g/mol. The van der Waals surface area contributed by atoms with Crippen LogP contribution in [-0.2, 0) is 9.53 Å². The molecule has 0 aromatic carbocycles. The van der Waals surface area contributed by atoms with Gasteiger partial charge in [0.05, 0.1) is 12.0 Å². The van der Waals surface area contributed by atoms with E-state index in [1.165, 1.54) is 0 Å². The summed E-state index contributed by atoms with van der Waals surface area (Å²) in [6, 6.07) is 0.252. The van der Waals surface area contributed by atoms with Gasteiger partial charge in [-0.1, -0.05) is 6.92 Å². The molecule has 4 nitrogen and oxygen atoms in total. The minimum Gasteiger partial charge on any atom is -0.481 e. The monoisotopic (exact) mass is 227 g/mol. The van der Waals surface area contributed by atoms with Crippen LogP contribution < -0.4 is 0 Å². The van der Waals surface area contributed by atoms with Gasteiger partial charge in [-0.05, 0) is 31.7 Å². The quantitative estimate of drug-likeness (QED) is 0.787. The lowest BCUT2D eigenvalue weighted by Crippen LogP contribution is -2.56. The lowest BCUT2D eigenvalue weighted by Gasteiger charge is -2.47. The Morgan fingerprint density at radius 3 is 2.62 bits per heavy atom. The first-order valence-corrected chi connectivity index (χ1v) is 6.13. The second kappa shape index (κ2) is 4.72. The molecule has 0 spiro atoms. The van der Waals surface area contributed by atoms with Crippen LogP contribution in [0.2, 0.25) is 0 Å². The van der Waals surface area contributed by atoms with E-state index < -0.39 is 5.97 Å². The summed E-state index contributed by atoms with van der Waals surface area (Å²) < 4.78 is 5.46. The van der Waals surface area contributed by atoms with Gasteiger partial charge < -0.3 is 9.84 Å². The van der Waals surface area contributed by atoms with Crippen molar-refractivity contribution in [3.8, 4) is 0 Å². The molecule has 2 aliphatic rings. The molecule has 0 aromatic rings. The molecule has 0 radical (unpaired) electrons. The molecule has 1 aliphatic heterocycles. The third kappa shape index (κ3) is 2.09. The van der Waals surface area contributed by atoms with Gasteiger partial charge in [0.15, 0.2) is 0 Å². The Labute approximate surface area is 96.6 Å². The van der Waals surface area contributed by atoms with Crippen molar-refractivity contribution in [3.63, 3.8) is 0 Å². The van der Waals surface area contributed by atoms with Crippen LogP contribution in [0.5, 0.6) is 0 Å². The molecule has 1 aliphatic carbocycles. The third-order valence-electron chi connectivity index (χ3n) is 4.25. The van der Waals surface area contributed by atoms with E-state index in [0.29, 0.717) is 5.92 Å². The van der Waals surface area contributed by atoms with Crippen LogP contribution in [0.25, 0.3) is 0 Å². The normalized spacial score (nSPS) is 40.4. The predicted octanol–water partition coefficient (Wildman–Crippen LogP) is 1.21. The number of carboxylic acids is 1. The van der Waals surface area contributed by atoms with Crippen molar-refractivity contribution >= 4 is 5.97 Å². The molecule has 92 valence electrons. The summed E-state index contributed by atoms with van der Waals surface area (Å²) in [5.41, 5.74) is 0. The van der Waals surface area contributed by atoms with E-state index in [1.54, 1.807) is 7.11 Å². The fourth-order valence-electron chi connectivity index (χ4n) is 2.87. The molecule has 2 rings (SSSR count). The first-order valence-electron chi connectivity index (χ1n) is 6.13. The SMILES string of the molecule is COC1CN(C2CCC2C(=O)O)CCC1C. The summed E-state index contributed by atoms with van der Waals surface area (Å²) in [5, 5.41) is 9.05. The Balaban J connectivity index is 1.93. The number of methoxy groups -OCH3 is 1. The Morgan fingerprint density at radius 2 is 2.12 bits per heavy atom. The van der Waals surface area contributed by atoms with E-state index in [1.807, 2.05) is 0 Å². The van der Waals surface area contributed by atoms with Gasteiger partial charge in [-0.3, -0.25) is 9.69 Å². The van der Waals surface area contributed by atoms with E-state index in [0.717, 1.165) is 32.4 Å². The molecular weight excluding hydrogens is 206 g/mol. The maximum Gasteiger partial charge on any atom is 0.308 e. The molecule has 0 amide bonds. The topological polar surface area (TPSA) is 49.8 Å². The number of hydrogen-bond acceptors (Lipinski definition) is 3. The number of nitrogens with zero attached hydrogens (tertiary/aromatic N) is 1. The van der Waals surface area contributed by atoms with Crippen LogP contribution in [0.1, 0.15) is 26.2 Å². The lowest BCUT2D eigenvalue weighted by atomic mass is 9.77. The fraction of sp³-hybridized carbons (Fsp3) is 0.917. The highest BCUT2D eigenvalue weighted by molar-refractivity contribution is 5.72. The van der Waals surface area contributed by atoms with E-state index in [4.69, 9.17) is 9.84 Å². The number of ether oxygens (including phenoxy) is 1. The maximum absolute atomic E-state index is 11.0. The van der Waals surface area contributed by atoms with Gasteiger partial charge in [-0.2, -0.15) is 0 Å². The second-order valence-electron chi connectivity index (χ2n) is 5.12. The van der Waals surface area contributed by atoms with E-state index >= 15 is 0 Å². The zero-order valence-corrected chi connectivity index (χ0v) is 10.1. The minimum atomic E-state index is -0.635. The maximum atomic E-state index is 11.0. The summed E-state index contributed by atoms with van der Waals surface area (Å²) in [5.74, 6) is -0.195. The summed E-state index contributed by atoms with van der Waals surface area (Å²) in [6.07, 6.45) is 3.25. The number of carboxylic acid groups (broad SMARTS) is 1. The van der Waals surface area contributed by atoms with Crippen molar-refractivity contribution in [2.24, 2.45) is 11.8 Å². The Bertz CT molecular complexity index is 269. The Morgan fingerprint density at radius 1 is 1.38 bits per heavy atom. The standard InChI is InChI=1S/C12H21NO3/c1-8-5-6-13(7-11(8)16-2)10-4-3-9(10)12(14)15/h8-11H,3-7H2,1-2H3,(H,14,15). The van der Waals surface area contributed by atoms with Crippen molar-refractivity contribution in [2.45, 2.75) is 38.3 Å². The van der Waals surface area contributed by atoms with Crippen molar-refractivity contribution in [3.05, 3.63) is 0 Å². The number of hydrogen-bond donors (Lipinski definition) is 1. The van der Waals surface area contributed by atoms with Crippen molar-refractivity contribution in [1.82, 2.24) is 4.90 Å². The number of rotatable bonds is 3. The van der Waals surface area contributed by atoms with Crippen LogP contribution in [0.4, 0.5) is 0 Å². The van der Waals surface area contributed by atoms with Gasteiger partial charge in [-0.15, -0.1) is 0 Å². The zero-order chi connectivity index (χ0) is 11.7. The molecule has 0 bridgehead atoms. The minimum absolute atomic E-state index is 0.147. The van der Waals surface area contributed by atoms with Gasteiger partial charge in [0, 0.05) is 19.7 Å². The smallest absolute Gasteiger partial charge is 0.308 e. The van der Waals surface area contributed by atoms with Crippen LogP contribution in [0.3, 0.4) is 0 Å². The first-order chi connectivity index (χ1) is 7.63. The predicted molar refractivity (Wildman–Crippen MR) is 60.3 cm³/mol. The molecule has 4 heteroatoms. The van der Waals surface area contributed by atoms with Gasteiger partial charge in [0.2, 0.25) is 0 Å². The van der Waals surface area contributed by atoms with Crippen LogP contribution in [0, 0.1) is 11.8 Å². The summed E-state index contributed by atoms with van der Waals surface area (Å²) in [6.45, 7) is 4.13. The van der Waals surface area contributed by atoms with E-state index in [9.17, 15) is 4.79 Å². The lowest BCUT2D eigenvalue weighted by molar-refractivity contribution is -0.150. The second-order valence-corrected chi connectivity index (χ2v) is 5.12. The van der Waals surface area contributed by atoms with Gasteiger partial charge in [0.1, 0.15) is 0 Å². The summed E-state index contributed by atoms with van der Waals surface area (Å²) in [7, 11) is 1.75. The fourth-order valence-corrected chi connectivity index (χ4v) is 2.87. The number of piperidine rings is 1. The zero-order valence-electron chi connectivity index (χ0n) is 10.1. The van der Waals surface area contributed by atoms with E-state index in [-0.39, 0.29) is 18.1 Å². The summed E-state index contributed by atoms with van der Waals surface area (Å²) in [4.78, 5) is 13.3. The molecule has 2 fully saturated rings. The Kier molecular flexibility index (Phi) is 3.50. The number of carbonyl (C=O) groups is 1. The molecule has 4 atom stereocenters. The summed E-state index contributed by atoms with van der Waals surface area (Å²) >= 11 is 0.